The maximum Gasteiger partial charge on any atom is 0.153 e. The van der Waals surface area contributed by atoms with Gasteiger partial charge in [-0.25, -0.2) is 4.39 Å². The van der Waals surface area contributed by atoms with Crippen LogP contribution in [-0.4, -0.2) is 29.8 Å². The van der Waals surface area contributed by atoms with E-state index in [2.05, 4.69) is 5.10 Å². The molecule has 0 amide bonds. The molecule has 0 aliphatic carbocycles. The first-order valence-electron chi connectivity index (χ1n) is 5.51. The van der Waals surface area contributed by atoms with E-state index in [0.717, 1.165) is 0 Å². The van der Waals surface area contributed by atoms with Gasteiger partial charge in [0.2, 0.25) is 0 Å². The molecule has 0 saturated carbocycles. The molecule has 0 spiro atoms. The van der Waals surface area contributed by atoms with E-state index in [1.165, 1.54) is 6.07 Å². The number of aldehydes is 1. The third-order valence-electron chi connectivity index (χ3n) is 2.64. The van der Waals surface area contributed by atoms with Crippen LogP contribution in [0.2, 0.25) is 0 Å². The normalized spacial score (nSPS) is 10.6. The van der Waals surface area contributed by atoms with Gasteiger partial charge in [-0.3, -0.25) is 9.48 Å². The van der Waals surface area contributed by atoms with Crippen molar-refractivity contribution in [2.45, 2.75) is 6.54 Å². The van der Waals surface area contributed by atoms with Crippen LogP contribution in [0.4, 0.5) is 4.39 Å². The minimum absolute atomic E-state index is 0.0591. The number of hydrogen-bond acceptors (Lipinski definition) is 3. The van der Waals surface area contributed by atoms with Crippen LogP contribution in [0.25, 0.3) is 11.1 Å². The summed E-state index contributed by atoms with van der Waals surface area (Å²) in [5.41, 5.74) is 1.32. The molecule has 1 heterocycles. The number of benzene rings is 1. The Morgan fingerprint density at radius 2 is 2.33 bits per heavy atom. The average molecular weight is 248 g/mol. The highest BCUT2D eigenvalue weighted by molar-refractivity contribution is 5.87. The lowest BCUT2D eigenvalue weighted by molar-refractivity contribution is 0.112. The molecule has 0 aliphatic heterocycles. The summed E-state index contributed by atoms with van der Waals surface area (Å²) < 4.78 is 20.1. The quantitative estimate of drug-likeness (QED) is 0.761. The Morgan fingerprint density at radius 1 is 1.50 bits per heavy atom. The number of aromatic nitrogens is 2. The van der Waals surface area contributed by atoms with Gasteiger partial charge in [0.15, 0.2) is 6.29 Å². The van der Waals surface area contributed by atoms with E-state index in [1.54, 1.807) is 36.3 Å². The Morgan fingerprint density at radius 3 is 3.06 bits per heavy atom. The van der Waals surface area contributed by atoms with Crippen LogP contribution in [0.5, 0.6) is 0 Å². The number of ether oxygens (including phenoxy) is 1. The van der Waals surface area contributed by atoms with Crippen molar-refractivity contribution in [3.8, 4) is 11.1 Å². The molecule has 2 aromatic rings. The molecule has 0 N–H and O–H groups in total. The van der Waals surface area contributed by atoms with E-state index in [1.807, 2.05) is 0 Å². The van der Waals surface area contributed by atoms with Crippen LogP contribution in [0, 0.1) is 5.82 Å². The summed E-state index contributed by atoms with van der Waals surface area (Å²) in [6.45, 7) is 1.16. The van der Waals surface area contributed by atoms with Crippen molar-refractivity contribution in [3.63, 3.8) is 0 Å². The predicted molar refractivity (Wildman–Crippen MR) is 64.9 cm³/mol. The van der Waals surface area contributed by atoms with E-state index < -0.39 is 5.82 Å². The van der Waals surface area contributed by atoms with Crippen molar-refractivity contribution in [1.29, 1.82) is 0 Å². The number of halogens is 1. The zero-order valence-electron chi connectivity index (χ0n) is 9.97. The third kappa shape index (κ3) is 2.46. The number of methoxy groups -OCH3 is 1. The minimum Gasteiger partial charge on any atom is -0.383 e. The highest BCUT2D eigenvalue weighted by atomic mass is 19.1. The largest absolute Gasteiger partial charge is 0.383 e. The molecule has 0 unspecified atom stereocenters. The van der Waals surface area contributed by atoms with E-state index in [0.29, 0.717) is 30.6 Å². The lowest BCUT2D eigenvalue weighted by atomic mass is 10.0. The summed E-state index contributed by atoms with van der Waals surface area (Å²) in [5.74, 6) is -0.521. The second-order valence-electron chi connectivity index (χ2n) is 3.80. The van der Waals surface area contributed by atoms with Crippen molar-refractivity contribution in [2.75, 3.05) is 13.7 Å². The van der Waals surface area contributed by atoms with Crippen LogP contribution in [0.15, 0.2) is 30.6 Å². The number of hydrogen-bond donors (Lipinski definition) is 0. The van der Waals surface area contributed by atoms with Gasteiger partial charge in [-0.15, -0.1) is 0 Å². The first kappa shape index (κ1) is 12.4. The number of rotatable bonds is 5. The van der Waals surface area contributed by atoms with Gasteiger partial charge in [0, 0.05) is 18.9 Å². The molecule has 0 bridgehead atoms. The molecular weight excluding hydrogens is 235 g/mol. The fourth-order valence-corrected chi connectivity index (χ4v) is 1.72. The smallest absolute Gasteiger partial charge is 0.153 e. The lowest BCUT2D eigenvalue weighted by Gasteiger charge is -2.02. The van der Waals surface area contributed by atoms with Gasteiger partial charge < -0.3 is 4.74 Å². The number of carbonyl (C=O) groups excluding carboxylic acids is 1. The fraction of sp³-hybridized carbons (Fsp3) is 0.231. The number of carbonyl (C=O) groups is 1. The summed E-state index contributed by atoms with van der Waals surface area (Å²) in [4.78, 5) is 10.9. The summed E-state index contributed by atoms with van der Waals surface area (Å²) in [6, 6.07) is 4.54. The second kappa shape index (κ2) is 5.55. The summed E-state index contributed by atoms with van der Waals surface area (Å²) in [6.07, 6.45) is 3.90. The van der Waals surface area contributed by atoms with Gasteiger partial charge in [0.25, 0.3) is 0 Å². The van der Waals surface area contributed by atoms with Crippen LogP contribution < -0.4 is 0 Å². The maximum atomic E-state index is 13.5. The molecular formula is C13H13FN2O2. The Labute approximate surface area is 104 Å². The second-order valence-corrected chi connectivity index (χ2v) is 3.80. The van der Waals surface area contributed by atoms with Crippen LogP contribution in [0.1, 0.15) is 10.4 Å². The van der Waals surface area contributed by atoms with Crippen LogP contribution >= 0.6 is 0 Å². The molecule has 0 radical (unpaired) electrons. The van der Waals surface area contributed by atoms with E-state index in [4.69, 9.17) is 4.74 Å². The molecule has 18 heavy (non-hydrogen) atoms. The molecule has 1 aromatic heterocycles. The summed E-state index contributed by atoms with van der Waals surface area (Å²) >= 11 is 0. The third-order valence-corrected chi connectivity index (χ3v) is 2.64. The Bertz CT molecular complexity index is 552. The Hall–Kier alpha value is -2.01. The van der Waals surface area contributed by atoms with Crippen molar-refractivity contribution < 1.29 is 13.9 Å². The highest BCUT2D eigenvalue weighted by Gasteiger charge is 2.10. The predicted octanol–water partition coefficient (Wildman–Crippen LogP) is 2.15. The molecule has 94 valence electrons. The van der Waals surface area contributed by atoms with Gasteiger partial charge >= 0.3 is 0 Å². The minimum atomic E-state index is -0.521. The number of nitrogens with zero attached hydrogens (tertiary/aromatic N) is 2. The van der Waals surface area contributed by atoms with E-state index in [-0.39, 0.29) is 5.56 Å². The van der Waals surface area contributed by atoms with Gasteiger partial charge in [0.1, 0.15) is 5.82 Å². The van der Waals surface area contributed by atoms with E-state index >= 15 is 0 Å². The summed E-state index contributed by atoms with van der Waals surface area (Å²) in [7, 11) is 1.61. The summed E-state index contributed by atoms with van der Waals surface area (Å²) in [5, 5.41) is 4.13. The van der Waals surface area contributed by atoms with Crippen molar-refractivity contribution in [2.24, 2.45) is 0 Å². The Balaban J connectivity index is 2.34. The Kier molecular flexibility index (Phi) is 3.84. The molecule has 0 fully saturated rings. The molecule has 5 heteroatoms. The van der Waals surface area contributed by atoms with E-state index in [9.17, 15) is 9.18 Å². The molecule has 4 nitrogen and oxygen atoms in total. The average Bonchev–Trinajstić information content (AvgIpc) is 2.84. The van der Waals surface area contributed by atoms with Crippen molar-refractivity contribution in [3.05, 3.63) is 42.0 Å². The topological polar surface area (TPSA) is 44.1 Å². The van der Waals surface area contributed by atoms with Gasteiger partial charge in [-0.05, 0) is 11.6 Å². The lowest BCUT2D eigenvalue weighted by Crippen LogP contribution is -2.03. The van der Waals surface area contributed by atoms with Crippen molar-refractivity contribution in [1.82, 2.24) is 9.78 Å². The van der Waals surface area contributed by atoms with Crippen LogP contribution in [0.3, 0.4) is 0 Å². The van der Waals surface area contributed by atoms with Crippen LogP contribution in [-0.2, 0) is 11.3 Å². The van der Waals surface area contributed by atoms with Crippen molar-refractivity contribution >= 4 is 6.29 Å². The molecule has 1 aromatic carbocycles. The van der Waals surface area contributed by atoms with Gasteiger partial charge in [0.05, 0.1) is 24.9 Å². The molecule has 0 saturated heterocycles. The highest BCUT2D eigenvalue weighted by Crippen LogP contribution is 2.23. The fourth-order valence-electron chi connectivity index (χ4n) is 1.72. The SMILES string of the molecule is COCCn1cc(-c2cccc(F)c2C=O)cn1. The molecule has 0 aliphatic rings. The molecule has 0 atom stereocenters. The maximum absolute atomic E-state index is 13.5. The standard InChI is InChI=1S/C13H13FN2O2/c1-18-6-5-16-8-10(7-15-16)11-3-2-4-13(14)12(11)9-17/h2-4,7-9H,5-6H2,1H3. The zero-order valence-corrected chi connectivity index (χ0v) is 9.97. The van der Waals surface area contributed by atoms with Gasteiger partial charge in [-0.1, -0.05) is 12.1 Å². The first-order chi connectivity index (χ1) is 8.76. The molecule has 2 rings (SSSR count). The monoisotopic (exact) mass is 248 g/mol. The van der Waals surface area contributed by atoms with Gasteiger partial charge in [-0.2, -0.15) is 5.10 Å². The zero-order chi connectivity index (χ0) is 13.0. The first-order valence-corrected chi connectivity index (χ1v) is 5.51.